The first-order valence-corrected chi connectivity index (χ1v) is 14.2. The Labute approximate surface area is 233 Å². The first-order valence-electron chi connectivity index (χ1n) is 14.2. The van der Waals surface area contributed by atoms with Gasteiger partial charge in [0.2, 0.25) is 0 Å². The fraction of sp³-hybridized carbons (Fsp3) is 0.733. The summed E-state index contributed by atoms with van der Waals surface area (Å²) in [6.07, 6.45) is 0.859. The van der Waals surface area contributed by atoms with E-state index in [1.807, 2.05) is 20.8 Å². The molecular formula is C30H38O10. The Hall–Kier alpha value is -2.72. The molecular weight excluding hydrogens is 520 g/mol. The molecule has 11 atom stereocenters. The van der Waals surface area contributed by atoms with Gasteiger partial charge in [-0.2, -0.15) is 0 Å². The summed E-state index contributed by atoms with van der Waals surface area (Å²) in [7, 11) is 1.20. The molecule has 5 fully saturated rings. The molecule has 2 saturated heterocycles. The summed E-state index contributed by atoms with van der Waals surface area (Å²) in [5.41, 5.74) is -2.83. The maximum Gasteiger partial charge on any atom is 0.335 e. The van der Waals surface area contributed by atoms with Crippen LogP contribution in [0.4, 0.5) is 0 Å². The van der Waals surface area contributed by atoms with Gasteiger partial charge in [0.15, 0.2) is 6.10 Å². The summed E-state index contributed by atoms with van der Waals surface area (Å²) >= 11 is 0. The third kappa shape index (κ3) is 3.23. The molecule has 2 aliphatic heterocycles. The molecule has 10 heteroatoms. The van der Waals surface area contributed by atoms with Crippen molar-refractivity contribution in [3.05, 3.63) is 24.2 Å². The lowest BCUT2D eigenvalue weighted by Crippen LogP contribution is -2.74. The molecule has 218 valence electrons. The predicted molar refractivity (Wildman–Crippen MR) is 136 cm³/mol. The molecule has 0 aromatic carbocycles. The molecule has 1 aromatic heterocycles. The van der Waals surface area contributed by atoms with Crippen LogP contribution in [-0.4, -0.2) is 59.8 Å². The number of rotatable bonds is 5. The van der Waals surface area contributed by atoms with Crippen LogP contribution >= 0.6 is 0 Å². The van der Waals surface area contributed by atoms with Gasteiger partial charge in [-0.3, -0.25) is 14.4 Å². The van der Waals surface area contributed by atoms with Crippen LogP contribution < -0.4 is 0 Å². The van der Waals surface area contributed by atoms with Gasteiger partial charge in [0.1, 0.15) is 29.7 Å². The Morgan fingerprint density at radius 2 is 1.90 bits per heavy atom. The summed E-state index contributed by atoms with van der Waals surface area (Å²) in [6.45, 7) is 9.27. The Morgan fingerprint density at radius 3 is 2.52 bits per heavy atom. The first-order chi connectivity index (χ1) is 18.8. The number of hydrogen-bond acceptors (Lipinski definition) is 10. The molecule has 40 heavy (non-hydrogen) atoms. The van der Waals surface area contributed by atoms with E-state index in [1.165, 1.54) is 7.11 Å². The van der Waals surface area contributed by atoms with Gasteiger partial charge in [-0.05, 0) is 18.9 Å². The number of ether oxygens (including phenoxy) is 4. The van der Waals surface area contributed by atoms with Gasteiger partial charge in [-0.15, -0.1) is 0 Å². The monoisotopic (exact) mass is 558 g/mol. The normalized spacial score (nSPS) is 45.2. The summed E-state index contributed by atoms with van der Waals surface area (Å²) in [6, 6.07) is 1.80. The van der Waals surface area contributed by atoms with Crippen LogP contribution in [0, 0.1) is 39.9 Å². The van der Waals surface area contributed by atoms with E-state index < -0.39 is 70.0 Å². The third-order valence-electron chi connectivity index (χ3n) is 11.3. The second kappa shape index (κ2) is 8.64. The van der Waals surface area contributed by atoms with Crippen molar-refractivity contribution in [2.45, 2.75) is 90.3 Å². The number of methoxy groups -OCH3 is 1. The molecule has 1 spiro atoms. The zero-order chi connectivity index (χ0) is 29.0. The van der Waals surface area contributed by atoms with Crippen LogP contribution in [0.1, 0.15) is 72.0 Å². The van der Waals surface area contributed by atoms with Crippen molar-refractivity contribution in [2.24, 2.45) is 39.9 Å². The Morgan fingerprint density at radius 1 is 1.18 bits per heavy atom. The molecule has 3 saturated carbocycles. The van der Waals surface area contributed by atoms with E-state index >= 15 is 0 Å². The number of cyclic esters (lactones) is 1. The lowest BCUT2D eigenvalue weighted by molar-refractivity contribution is -0.232. The lowest BCUT2D eigenvalue weighted by atomic mass is 9.37. The number of carbonyl (C=O) groups excluding carboxylic acids is 4. The molecule has 5 aliphatic rings. The quantitative estimate of drug-likeness (QED) is 0.325. The maximum atomic E-state index is 14.5. The number of carbonyl (C=O) groups is 4. The van der Waals surface area contributed by atoms with E-state index in [-0.39, 0.29) is 36.4 Å². The first kappa shape index (κ1) is 27.4. The molecule has 2 bridgehead atoms. The molecule has 10 nitrogen and oxygen atoms in total. The van der Waals surface area contributed by atoms with Gasteiger partial charge in [-0.25, -0.2) is 4.79 Å². The molecule has 0 unspecified atom stereocenters. The third-order valence-corrected chi connectivity index (χ3v) is 11.3. The van der Waals surface area contributed by atoms with Crippen LogP contribution in [-0.2, 0) is 38.1 Å². The van der Waals surface area contributed by atoms with E-state index in [1.54, 1.807) is 25.5 Å². The van der Waals surface area contributed by atoms with Crippen molar-refractivity contribution >= 4 is 23.7 Å². The fourth-order valence-corrected chi connectivity index (χ4v) is 9.73. The summed E-state index contributed by atoms with van der Waals surface area (Å²) in [5, 5.41) is 11.5. The Bertz CT molecular complexity index is 1250. The molecule has 3 heterocycles. The zero-order valence-electron chi connectivity index (χ0n) is 23.8. The zero-order valence-corrected chi connectivity index (χ0v) is 23.8. The minimum Gasteiger partial charge on any atom is -0.472 e. The number of hydrogen-bond donors (Lipinski definition) is 1. The van der Waals surface area contributed by atoms with Crippen molar-refractivity contribution in [3.8, 4) is 0 Å². The number of fused-ring (bicyclic) bond motifs is 5. The average molecular weight is 559 g/mol. The van der Waals surface area contributed by atoms with Crippen LogP contribution in [0.5, 0.6) is 0 Å². The highest BCUT2D eigenvalue weighted by molar-refractivity contribution is 5.94. The van der Waals surface area contributed by atoms with Crippen molar-refractivity contribution in [3.63, 3.8) is 0 Å². The van der Waals surface area contributed by atoms with E-state index in [0.29, 0.717) is 12.8 Å². The molecule has 0 amide bonds. The molecule has 0 radical (unpaired) electrons. The van der Waals surface area contributed by atoms with Crippen LogP contribution in [0.25, 0.3) is 0 Å². The molecule has 1 aromatic rings. The number of Topliss-reactive ketones (excluding diaryl/α,β-unsaturated/α-hetero) is 1. The van der Waals surface area contributed by atoms with Crippen LogP contribution in [0.2, 0.25) is 0 Å². The minimum atomic E-state index is -1.63. The largest absolute Gasteiger partial charge is 0.472 e. The van der Waals surface area contributed by atoms with Gasteiger partial charge >= 0.3 is 17.9 Å². The average Bonchev–Trinajstić information content (AvgIpc) is 3.36. The van der Waals surface area contributed by atoms with Crippen molar-refractivity contribution in [1.82, 2.24) is 0 Å². The fourth-order valence-electron chi connectivity index (χ4n) is 9.73. The van der Waals surface area contributed by atoms with Crippen LogP contribution in [0.3, 0.4) is 0 Å². The number of epoxide rings is 1. The van der Waals surface area contributed by atoms with Gasteiger partial charge < -0.3 is 28.5 Å². The lowest BCUT2D eigenvalue weighted by Gasteiger charge is -2.65. The SMILES string of the molecule is CCC(=O)O[C@H]1[C@@H]2C(=O)[C@](C)([C@H]3CC[C@]4(C)[C@@H](CC(=O)O[C@H]4c4ccoc4)[C@]34O[C@H]24)[C@@H]([C@@H](O)C(=O)OC)C1(C)C. The minimum absolute atomic E-state index is 0.104. The summed E-state index contributed by atoms with van der Waals surface area (Å²) in [4.78, 5) is 53.2. The number of aliphatic hydroxyl groups is 1. The van der Waals surface area contributed by atoms with Gasteiger partial charge in [0.25, 0.3) is 0 Å². The topological polar surface area (TPSA) is 142 Å². The maximum absolute atomic E-state index is 14.5. The van der Waals surface area contributed by atoms with Crippen molar-refractivity contribution in [1.29, 1.82) is 0 Å². The van der Waals surface area contributed by atoms with Crippen molar-refractivity contribution < 1.29 is 47.6 Å². The number of aliphatic hydroxyl groups excluding tert-OH is 1. The van der Waals surface area contributed by atoms with Gasteiger partial charge in [0, 0.05) is 46.0 Å². The Balaban J connectivity index is 1.52. The van der Waals surface area contributed by atoms with E-state index in [0.717, 1.165) is 5.56 Å². The summed E-state index contributed by atoms with van der Waals surface area (Å²) in [5.74, 6) is -4.28. The van der Waals surface area contributed by atoms with Gasteiger partial charge in [-0.1, -0.05) is 34.6 Å². The van der Waals surface area contributed by atoms with E-state index in [2.05, 4.69) is 6.92 Å². The Kier molecular flexibility index (Phi) is 5.93. The predicted octanol–water partition coefficient (Wildman–Crippen LogP) is 3.15. The number of esters is 3. The van der Waals surface area contributed by atoms with Crippen LogP contribution in [0.15, 0.2) is 23.0 Å². The summed E-state index contributed by atoms with van der Waals surface area (Å²) < 4.78 is 28.9. The second-order valence-corrected chi connectivity index (χ2v) is 13.4. The second-order valence-electron chi connectivity index (χ2n) is 13.4. The smallest absolute Gasteiger partial charge is 0.335 e. The highest BCUT2D eigenvalue weighted by Crippen LogP contribution is 2.77. The number of furan rings is 1. The highest BCUT2D eigenvalue weighted by Gasteiger charge is 2.86. The van der Waals surface area contributed by atoms with E-state index in [4.69, 9.17) is 23.4 Å². The highest BCUT2D eigenvalue weighted by atomic mass is 16.6. The molecule has 3 aliphatic carbocycles. The molecule has 1 N–H and O–H groups in total. The standard InChI is InChI=1S/C30H38O10/c1-7-17(31)38-24-19-22(34)29(5,21(27(24,2)3)20(33)26(35)36-6)15-8-10-28(4)16(30(15)25(19)40-30)12-18(32)39-23(28)14-9-11-37-13-14/h9,11,13,15-16,19-21,23-25,33H,7-8,10,12H2,1-6H3/t15-,16-,19+,20-,21+,23+,24+,25-,28-,29-,30-/m1/s1. The van der Waals surface area contributed by atoms with Gasteiger partial charge in [0.05, 0.1) is 32.0 Å². The number of ketones is 1. The van der Waals surface area contributed by atoms with Crippen molar-refractivity contribution in [2.75, 3.05) is 7.11 Å². The molecule has 6 rings (SSSR count). The van der Waals surface area contributed by atoms with E-state index in [9.17, 15) is 24.3 Å².